The van der Waals surface area contributed by atoms with Gasteiger partial charge < -0.3 is 9.84 Å². The summed E-state index contributed by atoms with van der Waals surface area (Å²) in [6.07, 6.45) is -0.0963. The SMILES string of the molecule is Cc1cc(C)c(CN(Cc2ccccc2C)[C@@H](C)[C@H](OC(=O)[C@@H](CCC(C)C)[C@H](O)c2ccccc2)c2ccccc2)c(C)c1. The van der Waals surface area contributed by atoms with Crippen molar-refractivity contribution in [3.8, 4) is 0 Å². The Morgan fingerprint density at radius 2 is 1.27 bits per heavy atom. The molecule has 0 saturated heterocycles. The zero-order valence-electron chi connectivity index (χ0n) is 28.2. The van der Waals surface area contributed by atoms with Crippen LogP contribution in [0.2, 0.25) is 0 Å². The van der Waals surface area contributed by atoms with Gasteiger partial charge in [-0.25, -0.2) is 0 Å². The van der Waals surface area contributed by atoms with Crippen LogP contribution in [0.1, 0.15) is 90.3 Å². The van der Waals surface area contributed by atoms with Gasteiger partial charge in [0.25, 0.3) is 0 Å². The lowest BCUT2D eigenvalue weighted by atomic mass is 9.89. The summed E-state index contributed by atoms with van der Waals surface area (Å²) in [4.78, 5) is 16.6. The molecule has 45 heavy (non-hydrogen) atoms. The van der Waals surface area contributed by atoms with Crippen LogP contribution in [0, 0.1) is 39.5 Å². The van der Waals surface area contributed by atoms with E-state index in [2.05, 4.69) is 89.8 Å². The van der Waals surface area contributed by atoms with E-state index in [-0.39, 0.29) is 12.0 Å². The molecule has 4 nitrogen and oxygen atoms in total. The molecule has 0 aliphatic carbocycles. The molecular formula is C41H51NO3. The molecule has 4 heteroatoms. The van der Waals surface area contributed by atoms with Gasteiger partial charge in [-0.15, -0.1) is 0 Å². The van der Waals surface area contributed by atoms with Gasteiger partial charge in [0.15, 0.2) is 0 Å². The van der Waals surface area contributed by atoms with Crippen LogP contribution >= 0.6 is 0 Å². The Morgan fingerprint density at radius 1 is 0.711 bits per heavy atom. The van der Waals surface area contributed by atoms with Gasteiger partial charge in [-0.1, -0.05) is 123 Å². The number of aryl methyl sites for hydroxylation is 4. The Hall–Kier alpha value is -3.73. The minimum absolute atomic E-state index is 0.157. The van der Waals surface area contributed by atoms with Crippen LogP contribution in [0.5, 0.6) is 0 Å². The summed E-state index contributed by atoms with van der Waals surface area (Å²) < 4.78 is 6.56. The maximum atomic E-state index is 14.2. The minimum Gasteiger partial charge on any atom is -0.456 e. The first kappa shape index (κ1) is 34.1. The summed E-state index contributed by atoms with van der Waals surface area (Å²) in [7, 11) is 0. The predicted molar refractivity (Wildman–Crippen MR) is 185 cm³/mol. The number of rotatable bonds is 14. The third kappa shape index (κ3) is 9.15. The lowest BCUT2D eigenvalue weighted by molar-refractivity contribution is -0.163. The van der Waals surface area contributed by atoms with E-state index in [0.717, 1.165) is 24.1 Å². The van der Waals surface area contributed by atoms with Gasteiger partial charge in [0.2, 0.25) is 0 Å². The summed E-state index contributed by atoms with van der Waals surface area (Å²) in [6, 6.07) is 32.4. The van der Waals surface area contributed by atoms with Crippen LogP contribution < -0.4 is 0 Å². The van der Waals surface area contributed by atoms with Gasteiger partial charge in [-0.05, 0) is 85.9 Å². The number of carbonyl (C=O) groups excluding carboxylic acids is 1. The lowest BCUT2D eigenvalue weighted by Crippen LogP contribution is -2.40. The number of esters is 1. The van der Waals surface area contributed by atoms with Crippen molar-refractivity contribution >= 4 is 5.97 Å². The fraction of sp³-hybridized carbons (Fsp3) is 0.390. The van der Waals surface area contributed by atoms with Crippen molar-refractivity contribution in [2.75, 3.05) is 0 Å². The molecule has 0 aliphatic heterocycles. The molecule has 1 N–H and O–H groups in total. The highest BCUT2D eigenvalue weighted by molar-refractivity contribution is 5.74. The standard InChI is InChI=1S/C41H51NO3/c1-28(2)22-23-37(39(43)34-17-10-8-11-18-34)41(44)45-40(35-19-12-9-13-20-35)33(7)42(26-36-21-15-14-16-30(36)4)27-38-31(5)24-29(3)25-32(38)6/h8-21,24-25,28,33,37,39-40,43H,22-23,26-27H2,1-7H3/t33-,37-,39+,40-/m0/s1. The fourth-order valence-electron chi connectivity index (χ4n) is 6.30. The highest BCUT2D eigenvalue weighted by Gasteiger charge is 2.35. The van der Waals surface area contributed by atoms with Crippen molar-refractivity contribution in [3.63, 3.8) is 0 Å². The zero-order chi connectivity index (χ0) is 32.5. The molecule has 0 unspecified atom stereocenters. The Bertz CT molecular complexity index is 1490. The Labute approximate surface area is 271 Å². The molecule has 0 radical (unpaired) electrons. The number of carbonyl (C=O) groups is 1. The van der Waals surface area contributed by atoms with E-state index in [1.807, 2.05) is 60.7 Å². The maximum Gasteiger partial charge on any atom is 0.312 e. The molecule has 238 valence electrons. The normalized spacial score (nSPS) is 14.3. The molecule has 0 bridgehead atoms. The first-order chi connectivity index (χ1) is 21.5. The van der Waals surface area contributed by atoms with Gasteiger partial charge in [-0.2, -0.15) is 0 Å². The predicted octanol–water partition coefficient (Wildman–Crippen LogP) is 9.38. The molecule has 0 aromatic heterocycles. The van der Waals surface area contributed by atoms with Crippen molar-refractivity contribution in [2.24, 2.45) is 11.8 Å². The quantitative estimate of drug-likeness (QED) is 0.146. The molecule has 0 aliphatic rings. The van der Waals surface area contributed by atoms with Gasteiger partial charge in [0.05, 0.1) is 12.0 Å². The van der Waals surface area contributed by atoms with Gasteiger partial charge in [-0.3, -0.25) is 9.69 Å². The van der Waals surface area contributed by atoms with Crippen LogP contribution in [0.15, 0.2) is 97.1 Å². The lowest BCUT2D eigenvalue weighted by Gasteiger charge is -2.37. The van der Waals surface area contributed by atoms with Crippen LogP contribution in [0.4, 0.5) is 0 Å². The molecule has 4 atom stereocenters. The zero-order valence-corrected chi connectivity index (χ0v) is 28.2. The number of hydrogen-bond acceptors (Lipinski definition) is 4. The molecular weight excluding hydrogens is 554 g/mol. The van der Waals surface area contributed by atoms with Crippen LogP contribution in [0.3, 0.4) is 0 Å². The largest absolute Gasteiger partial charge is 0.456 e. The molecule has 0 saturated carbocycles. The first-order valence-electron chi connectivity index (χ1n) is 16.4. The number of benzene rings is 4. The number of hydrogen-bond donors (Lipinski definition) is 1. The van der Waals surface area contributed by atoms with E-state index < -0.39 is 18.1 Å². The maximum absolute atomic E-state index is 14.2. The van der Waals surface area contributed by atoms with Crippen molar-refractivity contribution in [1.82, 2.24) is 4.90 Å². The van der Waals surface area contributed by atoms with E-state index >= 15 is 0 Å². The van der Waals surface area contributed by atoms with E-state index in [1.165, 1.54) is 33.4 Å². The Morgan fingerprint density at radius 3 is 1.84 bits per heavy atom. The third-order valence-corrected chi connectivity index (χ3v) is 9.10. The monoisotopic (exact) mass is 605 g/mol. The van der Waals surface area contributed by atoms with Crippen molar-refractivity contribution in [1.29, 1.82) is 0 Å². The first-order valence-corrected chi connectivity index (χ1v) is 16.4. The van der Waals surface area contributed by atoms with Crippen molar-refractivity contribution in [2.45, 2.75) is 92.6 Å². The van der Waals surface area contributed by atoms with E-state index in [1.54, 1.807) is 0 Å². The van der Waals surface area contributed by atoms with E-state index in [4.69, 9.17) is 4.74 Å². The second-order valence-electron chi connectivity index (χ2n) is 13.2. The average Bonchev–Trinajstić information content (AvgIpc) is 3.02. The number of nitrogens with zero attached hydrogens (tertiary/aromatic N) is 1. The third-order valence-electron chi connectivity index (χ3n) is 9.10. The smallest absolute Gasteiger partial charge is 0.312 e. The summed E-state index contributed by atoms with van der Waals surface area (Å²) in [5.41, 5.74) is 9.26. The summed E-state index contributed by atoms with van der Waals surface area (Å²) in [5.74, 6) is -0.622. The van der Waals surface area contributed by atoms with E-state index in [9.17, 15) is 9.90 Å². The minimum atomic E-state index is -0.940. The Kier molecular flexibility index (Phi) is 12.2. The molecule has 4 aromatic carbocycles. The highest BCUT2D eigenvalue weighted by Crippen LogP contribution is 2.34. The topological polar surface area (TPSA) is 49.8 Å². The number of aliphatic hydroxyl groups is 1. The Balaban J connectivity index is 1.72. The van der Waals surface area contributed by atoms with Gasteiger partial charge in [0.1, 0.15) is 6.10 Å². The number of aliphatic hydroxyl groups excluding tert-OH is 1. The fourth-order valence-corrected chi connectivity index (χ4v) is 6.30. The summed E-state index contributed by atoms with van der Waals surface area (Å²) in [6.45, 7) is 16.5. The molecule has 0 fully saturated rings. The molecule has 0 spiro atoms. The van der Waals surface area contributed by atoms with Gasteiger partial charge >= 0.3 is 5.97 Å². The van der Waals surface area contributed by atoms with Crippen LogP contribution in [-0.2, 0) is 22.6 Å². The number of ether oxygens (including phenoxy) is 1. The second kappa shape index (κ2) is 16.0. The molecule has 4 aromatic rings. The van der Waals surface area contributed by atoms with Crippen LogP contribution in [-0.4, -0.2) is 22.0 Å². The molecule has 0 amide bonds. The molecule has 0 heterocycles. The average molecular weight is 606 g/mol. The van der Waals surface area contributed by atoms with E-state index in [0.29, 0.717) is 18.9 Å². The highest BCUT2D eigenvalue weighted by atomic mass is 16.5. The van der Waals surface area contributed by atoms with Crippen molar-refractivity contribution < 1.29 is 14.6 Å². The van der Waals surface area contributed by atoms with Gasteiger partial charge in [0, 0.05) is 19.1 Å². The van der Waals surface area contributed by atoms with Crippen molar-refractivity contribution in [3.05, 3.63) is 142 Å². The summed E-state index contributed by atoms with van der Waals surface area (Å²) >= 11 is 0. The summed E-state index contributed by atoms with van der Waals surface area (Å²) in [5, 5.41) is 11.5. The molecule has 4 rings (SSSR count). The second-order valence-corrected chi connectivity index (χ2v) is 13.2. The van der Waals surface area contributed by atoms with Crippen LogP contribution in [0.25, 0.3) is 0 Å².